The van der Waals surface area contributed by atoms with Crippen LogP contribution in [0.3, 0.4) is 0 Å². The van der Waals surface area contributed by atoms with E-state index in [1.54, 1.807) is 12.1 Å². The molecule has 0 fully saturated rings. The molecule has 1 rings (SSSR count). The number of halogens is 4. The maximum Gasteiger partial charge on any atom is 0.141 e. The van der Waals surface area contributed by atoms with E-state index in [-0.39, 0.29) is 11.7 Å². The first-order chi connectivity index (χ1) is 5.69. The van der Waals surface area contributed by atoms with Gasteiger partial charge in [0.25, 0.3) is 0 Å². The molecule has 0 spiro atoms. The van der Waals surface area contributed by atoms with Crippen LogP contribution in [0.1, 0.15) is 11.1 Å². The van der Waals surface area contributed by atoms with Gasteiger partial charge in [-0.15, -0.1) is 11.6 Å². The van der Waals surface area contributed by atoms with Gasteiger partial charge in [-0.1, -0.05) is 22.0 Å². The van der Waals surface area contributed by atoms with E-state index in [9.17, 15) is 4.39 Å². The number of rotatable bonds is 2. The lowest BCUT2D eigenvalue weighted by atomic mass is 10.1. The van der Waals surface area contributed by atoms with Crippen LogP contribution in [0.25, 0.3) is 0 Å². The van der Waals surface area contributed by atoms with Crippen molar-refractivity contribution in [3.63, 3.8) is 0 Å². The van der Waals surface area contributed by atoms with Gasteiger partial charge in [0.15, 0.2) is 0 Å². The molecule has 12 heavy (non-hydrogen) atoms. The monoisotopic (exact) mass is 314 g/mol. The fraction of sp³-hybridized carbons (Fsp3) is 0.250. The highest BCUT2D eigenvalue weighted by Gasteiger charge is 2.06. The molecule has 0 heterocycles. The molecule has 0 aromatic heterocycles. The summed E-state index contributed by atoms with van der Waals surface area (Å²) in [5, 5.41) is 0.704. The van der Waals surface area contributed by atoms with Gasteiger partial charge in [0.1, 0.15) is 5.82 Å². The van der Waals surface area contributed by atoms with E-state index >= 15 is 0 Å². The lowest BCUT2D eigenvalue weighted by molar-refractivity contribution is 0.609. The molecular weight excluding hydrogens is 310 g/mol. The van der Waals surface area contributed by atoms with Crippen molar-refractivity contribution in [3.05, 3.63) is 33.5 Å². The lowest BCUT2D eigenvalue weighted by Crippen LogP contribution is -1.90. The normalized spacial score (nSPS) is 10.3. The zero-order chi connectivity index (χ0) is 9.14. The van der Waals surface area contributed by atoms with Crippen LogP contribution in [0.15, 0.2) is 16.6 Å². The van der Waals surface area contributed by atoms with Gasteiger partial charge in [-0.25, -0.2) is 4.39 Å². The summed E-state index contributed by atoms with van der Waals surface area (Å²) in [7, 11) is 0. The zero-order valence-electron chi connectivity index (χ0n) is 6.08. The molecule has 0 nitrogen and oxygen atoms in total. The van der Waals surface area contributed by atoms with E-state index < -0.39 is 0 Å². The first-order valence-corrected chi connectivity index (χ1v) is 5.72. The van der Waals surface area contributed by atoms with Gasteiger partial charge >= 0.3 is 0 Å². The number of benzene rings is 1. The van der Waals surface area contributed by atoms with E-state index in [1.165, 1.54) is 0 Å². The number of hydrogen-bond donors (Lipinski definition) is 0. The van der Waals surface area contributed by atoms with E-state index in [0.717, 1.165) is 5.56 Å². The Kier molecular flexibility index (Phi) is 4.00. The van der Waals surface area contributed by atoms with Crippen molar-refractivity contribution in [2.24, 2.45) is 0 Å². The second-order valence-corrected chi connectivity index (χ2v) is 4.00. The highest BCUT2D eigenvalue weighted by Crippen LogP contribution is 2.23. The van der Waals surface area contributed by atoms with Gasteiger partial charge in [0.05, 0.1) is 10.4 Å². The van der Waals surface area contributed by atoms with Crippen LogP contribution in [0, 0.1) is 5.82 Å². The molecule has 0 aliphatic carbocycles. The summed E-state index contributed by atoms with van der Waals surface area (Å²) in [6.45, 7) is 0. The Hall–Kier alpha value is 0.400. The Balaban J connectivity index is 3.19. The summed E-state index contributed by atoms with van der Waals surface area (Å²) in [5.74, 6) is -0.0691. The van der Waals surface area contributed by atoms with Crippen molar-refractivity contribution in [3.8, 4) is 0 Å². The highest BCUT2D eigenvalue weighted by atomic mass is 79.9. The van der Waals surface area contributed by atoms with Gasteiger partial charge < -0.3 is 0 Å². The van der Waals surface area contributed by atoms with Crippen molar-refractivity contribution < 1.29 is 4.39 Å². The van der Waals surface area contributed by atoms with E-state index in [0.29, 0.717) is 15.4 Å². The Bertz CT molecular complexity index is 289. The van der Waals surface area contributed by atoms with Crippen LogP contribution >= 0.6 is 43.5 Å². The zero-order valence-corrected chi connectivity index (χ0v) is 10.0. The lowest BCUT2D eigenvalue weighted by Gasteiger charge is -2.03. The predicted molar refractivity (Wildman–Crippen MR) is 56.3 cm³/mol. The fourth-order valence-corrected chi connectivity index (χ4v) is 1.95. The molecule has 0 aliphatic heterocycles. The van der Waals surface area contributed by atoms with E-state index in [1.807, 2.05) is 0 Å². The third-order valence-electron chi connectivity index (χ3n) is 1.46. The Morgan fingerprint density at radius 3 is 2.58 bits per heavy atom. The average Bonchev–Trinajstić information content (AvgIpc) is 2.09. The standard InChI is InChI=1S/C8H6Br2ClF/c9-3-5-1-6(4-11)8(12)7(10)2-5/h1-2H,3-4H2. The smallest absolute Gasteiger partial charge is 0.141 e. The Labute approximate surface area is 92.4 Å². The molecule has 0 bridgehead atoms. The van der Waals surface area contributed by atoms with Crippen LogP contribution in [0.5, 0.6) is 0 Å². The van der Waals surface area contributed by atoms with Gasteiger partial charge in [-0.3, -0.25) is 0 Å². The topological polar surface area (TPSA) is 0 Å². The molecule has 0 amide bonds. The second kappa shape index (κ2) is 4.58. The molecule has 1 aromatic carbocycles. The minimum absolute atomic E-state index is 0.200. The van der Waals surface area contributed by atoms with Crippen LogP contribution in [-0.2, 0) is 11.2 Å². The first kappa shape index (κ1) is 10.5. The summed E-state index contributed by atoms with van der Waals surface area (Å²) < 4.78 is 13.6. The van der Waals surface area contributed by atoms with Gasteiger partial charge in [-0.05, 0) is 27.6 Å². The average molecular weight is 316 g/mol. The van der Waals surface area contributed by atoms with Crippen LogP contribution in [0.2, 0.25) is 0 Å². The Morgan fingerprint density at radius 2 is 2.08 bits per heavy atom. The quantitative estimate of drug-likeness (QED) is 0.717. The second-order valence-electron chi connectivity index (χ2n) is 2.32. The molecule has 0 saturated carbocycles. The van der Waals surface area contributed by atoms with E-state index in [2.05, 4.69) is 31.9 Å². The largest absolute Gasteiger partial charge is 0.205 e. The summed E-state index contributed by atoms with van der Waals surface area (Å²) in [6, 6.07) is 3.49. The molecule has 0 N–H and O–H groups in total. The van der Waals surface area contributed by atoms with Crippen molar-refractivity contribution in [2.45, 2.75) is 11.2 Å². The summed E-state index contributed by atoms with van der Waals surface area (Å²) in [5.41, 5.74) is 1.54. The molecule has 0 unspecified atom stereocenters. The van der Waals surface area contributed by atoms with Crippen molar-refractivity contribution in [1.82, 2.24) is 0 Å². The highest BCUT2D eigenvalue weighted by molar-refractivity contribution is 9.10. The van der Waals surface area contributed by atoms with Crippen molar-refractivity contribution in [2.75, 3.05) is 0 Å². The molecule has 0 saturated heterocycles. The van der Waals surface area contributed by atoms with Crippen LogP contribution < -0.4 is 0 Å². The van der Waals surface area contributed by atoms with Crippen molar-refractivity contribution in [1.29, 1.82) is 0 Å². The molecule has 0 atom stereocenters. The van der Waals surface area contributed by atoms with E-state index in [4.69, 9.17) is 11.6 Å². The fourth-order valence-electron chi connectivity index (χ4n) is 0.883. The molecular formula is C8H6Br2ClF. The molecule has 4 heteroatoms. The number of alkyl halides is 2. The first-order valence-electron chi connectivity index (χ1n) is 3.27. The van der Waals surface area contributed by atoms with Gasteiger partial charge in [0.2, 0.25) is 0 Å². The summed E-state index contributed by atoms with van der Waals surface area (Å²) in [4.78, 5) is 0. The maximum atomic E-state index is 13.2. The van der Waals surface area contributed by atoms with Crippen LogP contribution in [-0.4, -0.2) is 0 Å². The number of hydrogen-bond acceptors (Lipinski definition) is 0. The van der Waals surface area contributed by atoms with Crippen LogP contribution in [0.4, 0.5) is 4.39 Å². The van der Waals surface area contributed by atoms with Gasteiger partial charge in [-0.2, -0.15) is 0 Å². The minimum atomic E-state index is -0.269. The molecule has 0 radical (unpaired) electrons. The molecule has 66 valence electrons. The summed E-state index contributed by atoms with van der Waals surface area (Å²) >= 11 is 12.0. The summed E-state index contributed by atoms with van der Waals surface area (Å²) in [6.07, 6.45) is 0. The van der Waals surface area contributed by atoms with Crippen molar-refractivity contribution >= 4 is 43.5 Å². The SMILES string of the molecule is Fc1c(Br)cc(CBr)cc1CCl. The van der Waals surface area contributed by atoms with Gasteiger partial charge in [0, 0.05) is 10.9 Å². The minimum Gasteiger partial charge on any atom is -0.205 e. The maximum absolute atomic E-state index is 13.2. The Morgan fingerprint density at radius 1 is 1.42 bits per heavy atom. The molecule has 1 aromatic rings. The molecule has 0 aliphatic rings. The third kappa shape index (κ3) is 2.21. The predicted octanol–water partition coefficient (Wildman–Crippen LogP) is 4.22. The third-order valence-corrected chi connectivity index (χ3v) is 2.97.